The molecule has 1 aromatic rings. The maximum atomic E-state index is 11.6. The summed E-state index contributed by atoms with van der Waals surface area (Å²) in [6, 6.07) is 0. The molecule has 0 saturated heterocycles. The molecule has 19 heavy (non-hydrogen) atoms. The van der Waals surface area contributed by atoms with Crippen molar-refractivity contribution in [1.29, 1.82) is 0 Å². The first-order valence-electron chi connectivity index (χ1n) is 6.25. The van der Waals surface area contributed by atoms with E-state index in [1.54, 1.807) is 21.0 Å². The number of esters is 1. The van der Waals surface area contributed by atoms with E-state index in [0.29, 0.717) is 49.9 Å². The molecule has 6 nitrogen and oxygen atoms in total. The number of aromatic nitrogens is 2. The van der Waals surface area contributed by atoms with Gasteiger partial charge in [0.1, 0.15) is 5.82 Å². The summed E-state index contributed by atoms with van der Waals surface area (Å²) in [6.45, 7) is 5.52. The van der Waals surface area contributed by atoms with Crippen molar-refractivity contribution in [2.45, 2.75) is 20.3 Å². The summed E-state index contributed by atoms with van der Waals surface area (Å²) in [6.07, 6.45) is 2.11. The van der Waals surface area contributed by atoms with Crippen LogP contribution in [0.25, 0.3) is 0 Å². The highest BCUT2D eigenvalue weighted by Crippen LogP contribution is 2.06. The molecule has 0 bridgehead atoms. The number of carbonyl (C=O) groups is 1. The Morgan fingerprint density at radius 3 is 2.74 bits per heavy atom. The van der Waals surface area contributed by atoms with Crippen LogP contribution in [-0.2, 0) is 20.6 Å². The van der Waals surface area contributed by atoms with E-state index >= 15 is 0 Å². The maximum absolute atomic E-state index is 11.6. The molecule has 0 fully saturated rings. The van der Waals surface area contributed by atoms with Gasteiger partial charge in [0.25, 0.3) is 0 Å². The summed E-state index contributed by atoms with van der Waals surface area (Å²) in [5.41, 5.74) is 1.03. The van der Waals surface area contributed by atoms with Crippen LogP contribution < -0.4 is 0 Å². The average molecular weight is 268 g/mol. The maximum Gasteiger partial charge on any atom is 0.341 e. The normalized spacial score (nSPS) is 10.5. The van der Waals surface area contributed by atoms with E-state index in [1.807, 2.05) is 0 Å². The molecule has 0 aliphatic heterocycles. The predicted molar refractivity (Wildman–Crippen MR) is 69.1 cm³/mol. The fourth-order valence-corrected chi connectivity index (χ4v) is 1.45. The first-order valence-corrected chi connectivity index (χ1v) is 6.25. The molecule has 0 aliphatic carbocycles. The zero-order chi connectivity index (χ0) is 14.1. The van der Waals surface area contributed by atoms with Gasteiger partial charge in [0.15, 0.2) is 0 Å². The molecule has 1 heterocycles. The van der Waals surface area contributed by atoms with Gasteiger partial charge in [-0.25, -0.2) is 14.8 Å². The Morgan fingerprint density at radius 1 is 1.32 bits per heavy atom. The Bertz CT molecular complexity index is 410. The van der Waals surface area contributed by atoms with Gasteiger partial charge in [-0.2, -0.15) is 0 Å². The minimum Gasteiger partial charge on any atom is -0.462 e. The Morgan fingerprint density at radius 2 is 2.11 bits per heavy atom. The van der Waals surface area contributed by atoms with Crippen LogP contribution in [0.4, 0.5) is 0 Å². The summed E-state index contributed by atoms with van der Waals surface area (Å²) >= 11 is 0. The van der Waals surface area contributed by atoms with Gasteiger partial charge in [-0.05, 0) is 13.8 Å². The molecule has 0 N–H and O–H groups in total. The number of methoxy groups -OCH3 is 1. The highest BCUT2D eigenvalue weighted by atomic mass is 16.5. The van der Waals surface area contributed by atoms with Crippen LogP contribution in [0.15, 0.2) is 6.20 Å². The van der Waals surface area contributed by atoms with Crippen molar-refractivity contribution in [3.63, 3.8) is 0 Å². The summed E-state index contributed by atoms with van der Waals surface area (Å²) in [4.78, 5) is 20.0. The molecule has 0 atom stereocenters. The molecule has 106 valence electrons. The number of nitrogens with zero attached hydrogens (tertiary/aromatic N) is 2. The van der Waals surface area contributed by atoms with E-state index in [0.717, 1.165) is 0 Å². The highest BCUT2D eigenvalue weighted by Gasteiger charge is 2.12. The van der Waals surface area contributed by atoms with E-state index < -0.39 is 0 Å². The number of hydrogen-bond donors (Lipinski definition) is 0. The molecule has 6 heteroatoms. The van der Waals surface area contributed by atoms with Gasteiger partial charge in [0.2, 0.25) is 0 Å². The zero-order valence-electron chi connectivity index (χ0n) is 11.6. The van der Waals surface area contributed by atoms with E-state index in [2.05, 4.69) is 9.97 Å². The molecule has 1 aromatic heterocycles. The molecular weight excluding hydrogens is 248 g/mol. The molecule has 0 radical (unpaired) electrons. The lowest BCUT2D eigenvalue weighted by Crippen LogP contribution is -2.12. The smallest absolute Gasteiger partial charge is 0.341 e. The first-order chi connectivity index (χ1) is 9.19. The summed E-state index contributed by atoms with van der Waals surface area (Å²) in [5.74, 6) is 0.269. The van der Waals surface area contributed by atoms with Gasteiger partial charge >= 0.3 is 5.97 Å². The minimum absolute atomic E-state index is 0.341. The lowest BCUT2D eigenvalue weighted by molar-refractivity contribution is 0.0524. The van der Waals surface area contributed by atoms with Gasteiger partial charge in [0, 0.05) is 19.7 Å². The molecular formula is C13H20N2O4. The standard InChI is InChI=1S/C13H20N2O4/c1-4-19-13(16)11-9-14-12(15-10(11)2)5-6-18-8-7-17-3/h9H,4-8H2,1-3H3. The van der Waals surface area contributed by atoms with E-state index in [9.17, 15) is 4.79 Å². The second-order valence-electron chi connectivity index (χ2n) is 3.86. The van der Waals surface area contributed by atoms with Crippen molar-refractivity contribution in [2.24, 2.45) is 0 Å². The Labute approximate surface area is 113 Å². The fraction of sp³-hybridized carbons (Fsp3) is 0.615. The van der Waals surface area contributed by atoms with Crippen LogP contribution >= 0.6 is 0 Å². The van der Waals surface area contributed by atoms with Gasteiger partial charge < -0.3 is 14.2 Å². The van der Waals surface area contributed by atoms with E-state index in [4.69, 9.17) is 14.2 Å². The van der Waals surface area contributed by atoms with Crippen molar-refractivity contribution < 1.29 is 19.0 Å². The third-order valence-corrected chi connectivity index (χ3v) is 2.43. The van der Waals surface area contributed by atoms with Crippen LogP contribution in [0.2, 0.25) is 0 Å². The predicted octanol–water partition coefficient (Wildman–Crippen LogP) is 1.17. The van der Waals surface area contributed by atoms with Crippen molar-refractivity contribution in [3.8, 4) is 0 Å². The van der Waals surface area contributed by atoms with E-state index in [-0.39, 0.29) is 5.97 Å². The lowest BCUT2D eigenvalue weighted by Gasteiger charge is -2.07. The molecule has 0 aliphatic rings. The second-order valence-corrected chi connectivity index (χ2v) is 3.86. The Balaban J connectivity index is 2.49. The van der Waals surface area contributed by atoms with Crippen molar-refractivity contribution >= 4 is 5.97 Å². The minimum atomic E-state index is -0.386. The summed E-state index contributed by atoms with van der Waals surface area (Å²) < 4.78 is 15.1. The molecule has 0 spiro atoms. The van der Waals surface area contributed by atoms with Crippen molar-refractivity contribution in [1.82, 2.24) is 9.97 Å². The lowest BCUT2D eigenvalue weighted by atomic mass is 10.2. The van der Waals surface area contributed by atoms with Crippen LogP contribution in [-0.4, -0.2) is 49.5 Å². The second kappa shape index (κ2) is 8.55. The van der Waals surface area contributed by atoms with E-state index in [1.165, 1.54) is 6.20 Å². The highest BCUT2D eigenvalue weighted by molar-refractivity contribution is 5.90. The van der Waals surface area contributed by atoms with Crippen molar-refractivity contribution in [3.05, 3.63) is 23.3 Å². The number of rotatable bonds is 8. The Kier molecular flexibility index (Phi) is 6.99. The van der Waals surface area contributed by atoms with Gasteiger partial charge in [-0.1, -0.05) is 0 Å². The first kappa shape index (κ1) is 15.5. The number of carbonyl (C=O) groups excluding carboxylic acids is 1. The van der Waals surface area contributed by atoms with Crippen LogP contribution in [0, 0.1) is 6.92 Å². The quantitative estimate of drug-likeness (QED) is 0.520. The third kappa shape index (κ3) is 5.32. The van der Waals surface area contributed by atoms with Gasteiger partial charge in [-0.3, -0.25) is 0 Å². The van der Waals surface area contributed by atoms with Crippen LogP contribution in [0.3, 0.4) is 0 Å². The zero-order valence-corrected chi connectivity index (χ0v) is 11.6. The largest absolute Gasteiger partial charge is 0.462 e. The Hall–Kier alpha value is -1.53. The number of hydrogen-bond acceptors (Lipinski definition) is 6. The molecule has 0 saturated carbocycles. The summed E-state index contributed by atoms with van der Waals surface area (Å²) in [5, 5.41) is 0. The molecule has 0 aromatic carbocycles. The fourth-order valence-electron chi connectivity index (χ4n) is 1.45. The van der Waals surface area contributed by atoms with Crippen LogP contribution in [0.5, 0.6) is 0 Å². The average Bonchev–Trinajstić information content (AvgIpc) is 2.39. The third-order valence-electron chi connectivity index (χ3n) is 2.43. The van der Waals surface area contributed by atoms with Crippen molar-refractivity contribution in [2.75, 3.05) is 33.5 Å². The molecule has 0 unspecified atom stereocenters. The summed E-state index contributed by atoms with van der Waals surface area (Å²) in [7, 11) is 1.63. The SMILES string of the molecule is CCOC(=O)c1cnc(CCOCCOC)nc1C. The monoisotopic (exact) mass is 268 g/mol. The number of ether oxygens (including phenoxy) is 3. The molecule has 0 amide bonds. The topological polar surface area (TPSA) is 70.5 Å². The number of aryl methyl sites for hydroxylation is 1. The molecule has 1 rings (SSSR count). The van der Waals surface area contributed by atoms with Gasteiger partial charge in [-0.15, -0.1) is 0 Å². The van der Waals surface area contributed by atoms with Gasteiger partial charge in [0.05, 0.1) is 37.7 Å². The van der Waals surface area contributed by atoms with Crippen LogP contribution in [0.1, 0.15) is 28.8 Å².